The van der Waals surface area contributed by atoms with Gasteiger partial charge in [0.2, 0.25) is 0 Å². The van der Waals surface area contributed by atoms with Crippen LogP contribution in [-0.2, 0) is 0 Å². The second-order valence-electron chi connectivity index (χ2n) is 4.53. The van der Waals surface area contributed by atoms with E-state index in [1.54, 1.807) is 0 Å². The minimum atomic E-state index is 0.813. The Balaban J connectivity index is 2.04. The topological polar surface area (TPSA) is 0 Å². The summed E-state index contributed by atoms with van der Waals surface area (Å²) in [5, 5.41) is 0. The van der Waals surface area contributed by atoms with Crippen LogP contribution in [0.25, 0.3) is 22.3 Å². The first-order valence-electron chi connectivity index (χ1n) is 6.35. The second kappa shape index (κ2) is 5.15. The number of hydrogen-bond acceptors (Lipinski definition) is 0. The highest BCUT2D eigenvalue weighted by Crippen LogP contribution is 2.22. The molecule has 3 aromatic carbocycles. The summed E-state index contributed by atoms with van der Waals surface area (Å²) in [5.41, 5.74) is 5.39. The first-order valence-corrected chi connectivity index (χ1v) is 6.35. The van der Waals surface area contributed by atoms with Crippen molar-refractivity contribution in [3.8, 4) is 22.3 Å². The Kier molecular flexibility index (Phi) is 3.20. The molecule has 0 fully saturated rings. The maximum absolute atomic E-state index is 6.19. The van der Waals surface area contributed by atoms with Gasteiger partial charge < -0.3 is 0 Å². The molecule has 3 aromatic rings. The largest absolute Gasteiger partial charge is 0.114 e. The molecule has 0 heterocycles. The second-order valence-corrected chi connectivity index (χ2v) is 4.53. The lowest BCUT2D eigenvalue weighted by Crippen LogP contribution is -2.06. The molecule has 0 saturated heterocycles. The molecule has 2 radical (unpaired) electrons. The van der Waals surface area contributed by atoms with Gasteiger partial charge in [-0.15, -0.1) is 0 Å². The van der Waals surface area contributed by atoms with E-state index in [-0.39, 0.29) is 0 Å². The first kappa shape index (κ1) is 11.8. The molecule has 19 heavy (non-hydrogen) atoms. The van der Waals surface area contributed by atoms with E-state index in [4.69, 9.17) is 7.85 Å². The maximum atomic E-state index is 6.19. The Hall–Kier alpha value is -2.28. The van der Waals surface area contributed by atoms with E-state index in [0.29, 0.717) is 0 Å². The van der Waals surface area contributed by atoms with Crippen molar-refractivity contribution in [1.29, 1.82) is 0 Å². The summed E-state index contributed by atoms with van der Waals surface area (Å²) in [5.74, 6) is 0. The van der Waals surface area contributed by atoms with E-state index in [2.05, 4.69) is 36.4 Å². The van der Waals surface area contributed by atoms with Gasteiger partial charge in [-0.05, 0) is 22.3 Å². The van der Waals surface area contributed by atoms with Crippen molar-refractivity contribution in [2.45, 2.75) is 0 Å². The summed E-state index contributed by atoms with van der Waals surface area (Å²) >= 11 is 0. The van der Waals surface area contributed by atoms with Crippen LogP contribution in [0.2, 0.25) is 0 Å². The third kappa shape index (κ3) is 2.46. The molecule has 1 heteroatoms. The monoisotopic (exact) mass is 240 g/mol. The number of hydrogen-bond donors (Lipinski definition) is 0. The quantitative estimate of drug-likeness (QED) is 0.597. The van der Waals surface area contributed by atoms with Crippen LogP contribution in [0.5, 0.6) is 0 Å². The average molecular weight is 240 g/mol. The molecular formula is C18H13B. The molecule has 0 aromatic heterocycles. The van der Waals surface area contributed by atoms with Gasteiger partial charge in [0.25, 0.3) is 0 Å². The molecule has 0 saturated carbocycles. The van der Waals surface area contributed by atoms with Crippen LogP contribution >= 0.6 is 0 Å². The molecule has 0 aliphatic rings. The van der Waals surface area contributed by atoms with E-state index in [1.165, 1.54) is 5.56 Å². The van der Waals surface area contributed by atoms with E-state index in [9.17, 15) is 0 Å². The van der Waals surface area contributed by atoms with Crippen molar-refractivity contribution in [3.05, 3.63) is 78.9 Å². The van der Waals surface area contributed by atoms with Gasteiger partial charge in [-0.3, -0.25) is 0 Å². The van der Waals surface area contributed by atoms with Crippen LogP contribution in [0.4, 0.5) is 0 Å². The van der Waals surface area contributed by atoms with Crippen LogP contribution < -0.4 is 5.46 Å². The molecule has 0 N–H and O–H groups in total. The molecule has 0 aliphatic heterocycles. The zero-order chi connectivity index (χ0) is 13.1. The van der Waals surface area contributed by atoms with Crippen LogP contribution in [0.1, 0.15) is 0 Å². The standard InChI is InChI=1S/C18H13B/c19-18-13-16(14-7-3-1-4-8-14)11-12-17(18)15-9-5-2-6-10-15/h1-13H. The van der Waals surface area contributed by atoms with Crippen molar-refractivity contribution in [1.82, 2.24) is 0 Å². The maximum Gasteiger partial charge on any atom is 0.114 e. The van der Waals surface area contributed by atoms with Gasteiger partial charge in [0.05, 0.1) is 0 Å². The number of rotatable bonds is 2. The molecule has 0 nitrogen and oxygen atoms in total. The molecule has 0 spiro atoms. The normalized spacial score (nSPS) is 10.3. The highest BCUT2D eigenvalue weighted by atomic mass is 14.1. The van der Waals surface area contributed by atoms with Gasteiger partial charge in [-0.25, -0.2) is 0 Å². The van der Waals surface area contributed by atoms with E-state index >= 15 is 0 Å². The third-order valence-corrected chi connectivity index (χ3v) is 3.24. The third-order valence-electron chi connectivity index (χ3n) is 3.24. The molecule has 0 aliphatic carbocycles. The highest BCUT2D eigenvalue weighted by Gasteiger charge is 2.03. The van der Waals surface area contributed by atoms with Gasteiger partial charge in [-0.1, -0.05) is 84.3 Å². The highest BCUT2D eigenvalue weighted by molar-refractivity contribution is 6.36. The minimum absolute atomic E-state index is 0.813. The Morgan fingerprint density at radius 2 is 1.11 bits per heavy atom. The van der Waals surface area contributed by atoms with Crippen LogP contribution in [0.15, 0.2) is 78.9 Å². The van der Waals surface area contributed by atoms with Crippen molar-refractivity contribution >= 4 is 13.3 Å². The van der Waals surface area contributed by atoms with Gasteiger partial charge in [0.1, 0.15) is 7.85 Å². The van der Waals surface area contributed by atoms with E-state index < -0.39 is 0 Å². The van der Waals surface area contributed by atoms with Gasteiger partial charge >= 0.3 is 0 Å². The first-order chi connectivity index (χ1) is 9.34. The fraction of sp³-hybridized carbons (Fsp3) is 0. The summed E-state index contributed by atoms with van der Waals surface area (Å²) in [6, 6.07) is 26.8. The summed E-state index contributed by atoms with van der Waals surface area (Å²) in [6.07, 6.45) is 0. The predicted octanol–water partition coefficient (Wildman–Crippen LogP) is 3.81. The molecule has 88 valence electrons. The predicted molar refractivity (Wildman–Crippen MR) is 82.7 cm³/mol. The zero-order valence-electron chi connectivity index (χ0n) is 10.6. The summed E-state index contributed by atoms with van der Waals surface area (Å²) in [4.78, 5) is 0. The van der Waals surface area contributed by atoms with Gasteiger partial charge in [0, 0.05) is 0 Å². The van der Waals surface area contributed by atoms with E-state index in [1.807, 2.05) is 42.5 Å². The molecular weight excluding hydrogens is 227 g/mol. The van der Waals surface area contributed by atoms with Crippen LogP contribution in [0, 0.1) is 0 Å². The summed E-state index contributed by atoms with van der Waals surface area (Å²) in [6.45, 7) is 0. The fourth-order valence-corrected chi connectivity index (χ4v) is 2.25. The van der Waals surface area contributed by atoms with Crippen LogP contribution in [0.3, 0.4) is 0 Å². The van der Waals surface area contributed by atoms with E-state index in [0.717, 1.165) is 22.2 Å². The molecule has 0 amide bonds. The van der Waals surface area contributed by atoms with Crippen molar-refractivity contribution in [2.75, 3.05) is 0 Å². The fourth-order valence-electron chi connectivity index (χ4n) is 2.25. The minimum Gasteiger partial charge on any atom is -0.0884 e. The SMILES string of the molecule is [B]c1cc(-c2ccccc2)ccc1-c1ccccc1. The summed E-state index contributed by atoms with van der Waals surface area (Å²) < 4.78 is 0. The molecule has 0 unspecified atom stereocenters. The van der Waals surface area contributed by atoms with Gasteiger partial charge in [-0.2, -0.15) is 0 Å². The summed E-state index contributed by atoms with van der Waals surface area (Å²) in [7, 11) is 6.19. The average Bonchev–Trinajstić information content (AvgIpc) is 2.49. The Labute approximate surface area is 115 Å². The lowest BCUT2D eigenvalue weighted by atomic mass is 9.85. The van der Waals surface area contributed by atoms with Crippen molar-refractivity contribution in [2.24, 2.45) is 0 Å². The van der Waals surface area contributed by atoms with Gasteiger partial charge in [0.15, 0.2) is 0 Å². The number of benzene rings is 3. The molecule has 0 bridgehead atoms. The van der Waals surface area contributed by atoms with Crippen molar-refractivity contribution < 1.29 is 0 Å². The Bertz CT molecular complexity index is 673. The zero-order valence-corrected chi connectivity index (χ0v) is 10.6. The lowest BCUT2D eigenvalue weighted by molar-refractivity contribution is 1.61. The smallest absolute Gasteiger partial charge is 0.0884 e. The Morgan fingerprint density at radius 3 is 1.68 bits per heavy atom. The van der Waals surface area contributed by atoms with Crippen LogP contribution in [-0.4, -0.2) is 7.85 Å². The molecule has 0 atom stereocenters. The Morgan fingerprint density at radius 1 is 0.526 bits per heavy atom. The van der Waals surface area contributed by atoms with Crippen molar-refractivity contribution in [3.63, 3.8) is 0 Å². The lowest BCUT2D eigenvalue weighted by Gasteiger charge is -2.09. The molecule has 3 rings (SSSR count).